The van der Waals surface area contributed by atoms with Crippen LogP contribution in [-0.2, 0) is 0 Å². The Hall–Kier alpha value is -0.0800. The van der Waals surface area contributed by atoms with Crippen molar-refractivity contribution in [3.8, 4) is 0 Å². The molecule has 2 nitrogen and oxygen atoms in total. The summed E-state index contributed by atoms with van der Waals surface area (Å²) in [5, 5.41) is 13.4. The van der Waals surface area contributed by atoms with E-state index in [0.29, 0.717) is 6.04 Å². The van der Waals surface area contributed by atoms with Crippen LogP contribution in [0.2, 0.25) is 0 Å². The minimum absolute atomic E-state index is 0.0875. The fourth-order valence-corrected chi connectivity index (χ4v) is 3.18. The van der Waals surface area contributed by atoms with E-state index in [4.69, 9.17) is 0 Å². The topological polar surface area (TPSA) is 32.3 Å². The summed E-state index contributed by atoms with van der Waals surface area (Å²) in [4.78, 5) is 0. The van der Waals surface area contributed by atoms with Crippen molar-refractivity contribution < 1.29 is 5.11 Å². The first-order chi connectivity index (χ1) is 7.27. The lowest BCUT2D eigenvalue weighted by atomic mass is 9.91. The van der Waals surface area contributed by atoms with Gasteiger partial charge in [-0.3, -0.25) is 0 Å². The van der Waals surface area contributed by atoms with Crippen molar-refractivity contribution in [3.05, 3.63) is 0 Å². The molecule has 2 heteroatoms. The second-order valence-corrected chi connectivity index (χ2v) is 5.53. The number of aliphatic hydroxyl groups is 1. The van der Waals surface area contributed by atoms with E-state index in [1.807, 2.05) is 0 Å². The molecule has 0 spiro atoms. The Morgan fingerprint density at radius 2 is 1.87 bits per heavy atom. The molecule has 0 aromatic heterocycles. The first-order valence-electron chi connectivity index (χ1n) is 6.69. The SMILES string of the molecule is CC1CCCC1CN[C@H]1CCCC[C@@H]1O. The molecule has 0 aliphatic heterocycles. The van der Waals surface area contributed by atoms with Gasteiger partial charge in [-0.25, -0.2) is 0 Å². The molecule has 0 aromatic carbocycles. The molecule has 2 rings (SSSR count). The Morgan fingerprint density at radius 3 is 2.53 bits per heavy atom. The molecule has 2 aliphatic carbocycles. The lowest BCUT2D eigenvalue weighted by Crippen LogP contribution is -2.44. The van der Waals surface area contributed by atoms with Gasteiger partial charge in [0.2, 0.25) is 0 Å². The Balaban J connectivity index is 1.72. The van der Waals surface area contributed by atoms with E-state index >= 15 is 0 Å². The predicted molar refractivity (Wildman–Crippen MR) is 62.8 cm³/mol. The highest BCUT2D eigenvalue weighted by Gasteiger charge is 2.26. The number of aliphatic hydroxyl groups excluding tert-OH is 1. The van der Waals surface area contributed by atoms with Crippen LogP contribution in [0.4, 0.5) is 0 Å². The average molecular weight is 211 g/mol. The van der Waals surface area contributed by atoms with Crippen LogP contribution in [0.5, 0.6) is 0 Å². The van der Waals surface area contributed by atoms with Gasteiger partial charge in [0.25, 0.3) is 0 Å². The van der Waals surface area contributed by atoms with Crippen molar-refractivity contribution in [2.45, 2.75) is 64.0 Å². The van der Waals surface area contributed by atoms with Gasteiger partial charge in [0, 0.05) is 6.04 Å². The summed E-state index contributed by atoms with van der Waals surface area (Å²) in [6.45, 7) is 3.50. The van der Waals surface area contributed by atoms with Gasteiger partial charge in [0.05, 0.1) is 6.10 Å². The Bertz CT molecular complexity index is 195. The minimum Gasteiger partial charge on any atom is -0.392 e. The van der Waals surface area contributed by atoms with Crippen LogP contribution >= 0.6 is 0 Å². The van der Waals surface area contributed by atoms with Crippen LogP contribution in [0, 0.1) is 11.8 Å². The maximum Gasteiger partial charge on any atom is 0.0693 e. The molecule has 2 aliphatic rings. The first-order valence-corrected chi connectivity index (χ1v) is 6.69. The van der Waals surface area contributed by atoms with Gasteiger partial charge in [-0.2, -0.15) is 0 Å². The van der Waals surface area contributed by atoms with Crippen LogP contribution in [0.25, 0.3) is 0 Å². The van der Waals surface area contributed by atoms with Gasteiger partial charge in [0.1, 0.15) is 0 Å². The monoisotopic (exact) mass is 211 g/mol. The van der Waals surface area contributed by atoms with Gasteiger partial charge in [0.15, 0.2) is 0 Å². The van der Waals surface area contributed by atoms with E-state index in [2.05, 4.69) is 12.2 Å². The van der Waals surface area contributed by atoms with Crippen LogP contribution in [0.15, 0.2) is 0 Å². The highest BCUT2D eigenvalue weighted by molar-refractivity contribution is 4.83. The number of nitrogens with one attached hydrogen (secondary N) is 1. The predicted octanol–water partition coefficient (Wildman–Crippen LogP) is 2.32. The Labute approximate surface area is 93.5 Å². The molecule has 0 aromatic rings. The highest BCUT2D eigenvalue weighted by atomic mass is 16.3. The highest BCUT2D eigenvalue weighted by Crippen LogP contribution is 2.31. The molecule has 2 unspecified atom stereocenters. The standard InChI is InChI=1S/C13H25NO/c1-10-5-4-6-11(10)9-14-12-7-2-3-8-13(12)15/h10-15H,2-9H2,1H3/t10?,11?,12-,13-/m0/s1. The van der Waals surface area contributed by atoms with Gasteiger partial charge in [-0.1, -0.05) is 32.6 Å². The van der Waals surface area contributed by atoms with E-state index in [0.717, 1.165) is 24.8 Å². The second-order valence-electron chi connectivity index (χ2n) is 5.53. The molecule has 0 saturated heterocycles. The smallest absolute Gasteiger partial charge is 0.0693 e. The first kappa shape index (κ1) is 11.4. The lowest BCUT2D eigenvalue weighted by Gasteiger charge is -2.30. The quantitative estimate of drug-likeness (QED) is 0.751. The van der Waals surface area contributed by atoms with E-state index in [-0.39, 0.29) is 6.10 Å². The fourth-order valence-electron chi connectivity index (χ4n) is 3.18. The molecular formula is C13H25NO. The molecule has 0 radical (unpaired) electrons. The summed E-state index contributed by atoms with van der Waals surface area (Å²) in [6, 6.07) is 0.381. The summed E-state index contributed by atoms with van der Waals surface area (Å²) < 4.78 is 0. The third-order valence-electron chi connectivity index (χ3n) is 4.41. The van der Waals surface area contributed by atoms with Crippen LogP contribution in [0.3, 0.4) is 0 Å². The third kappa shape index (κ3) is 2.94. The summed E-state index contributed by atoms with van der Waals surface area (Å²) in [5.74, 6) is 1.75. The zero-order chi connectivity index (χ0) is 10.7. The largest absolute Gasteiger partial charge is 0.392 e. The molecule has 2 N–H and O–H groups in total. The zero-order valence-corrected chi connectivity index (χ0v) is 9.91. The number of hydrogen-bond donors (Lipinski definition) is 2. The van der Waals surface area contributed by atoms with Crippen molar-refractivity contribution in [2.75, 3.05) is 6.54 Å². The van der Waals surface area contributed by atoms with Gasteiger partial charge in [-0.15, -0.1) is 0 Å². The van der Waals surface area contributed by atoms with E-state index < -0.39 is 0 Å². The second kappa shape index (κ2) is 5.31. The van der Waals surface area contributed by atoms with Crippen LogP contribution in [0.1, 0.15) is 51.9 Å². The van der Waals surface area contributed by atoms with Crippen LogP contribution in [-0.4, -0.2) is 23.8 Å². The molecule has 4 atom stereocenters. The van der Waals surface area contributed by atoms with E-state index in [1.165, 1.54) is 38.5 Å². The molecule has 0 heterocycles. The lowest BCUT2D eigenvalue weighted by molar-refractivity contribution is 0.0879. The normalized spacial score (nSPS) is 42.0. The van der Waals surface area contributed by atoms with Gasteiger partial charge >= 0.3 is 0 Å². The van der Waals surface area contributed by atoms with E-state index in [9.17, 15) is 5.11 Å². The van der Waals surface area contributed by atoms with Crippen molar-refractivity contribution in [3.63, 3.8) is 0 Å². The molecule has 15 heavy (non-hydrogen) atoms. The molecule has 88 valence electrons. The van der Waals surface area contributed by atoms with Crippen molar-refractivity contribution in [1.82, 2.24) is 5.32 Å². The molecule has 2 saturated carbocycles. The maximum atomic E-state index is 9.85. The third-order valence-corrected chi connectivity index (χ3v) is 4.41. The molecule has 0 amide bonds. The van der Waals surface area contributed by atoms with Crippen molar-refractivity contribution in [1.29, 1.82) is 0 Å². The summed E-state index contributed by atoms with van der Waals surface area (Å²) in [5.41, 5.74) is 0. The minimum atomic E-state index is -0.0875. The van der Waals surface area contributed by atoms with Gasteiger partial charge in [-0.05, 0) is 37.6 Å². The Morgan fingerprint density at radius 1 is 1.07 bits per heavy atom. The summed E-state index contributed by atoms with van der Waals surface area (Å²) in [7, 11) is 0. The number of rotatable bonds is 3. The van der Waals surface area contributed by atoms with E-state index in [1.54, 1.807) is 0 Å². The summed E-state index contributed by atoms with van der Waals surface area (Å²) in [6.07, 6.45) is 8.77. The van der Waals surface area contributed by atoms with Crippen LogP contribution < -0.4 is 5.32 Å². The average Bonchev–Trinajstić information content (AvgIpc) is 2.63. The van der Waals surface area contributed by atoms with Gasteiger partial charge < -0.3 is 10.4 Å². The molecule has 0 bridgehead atoms. The summed E-state index contributed by atoms with van der Waals surface area (Å²) >= 11 is 0. The maximum absolute atomic E-state index is 9.85. The van der Waals surface area contributed by atoms with Crippen molar-refractivity contribution in [2.24, 2.45) is 11.8 Å². The Kier molecular flexibility index (Phi) is 4.04. The zero-order valence-electron chi connectivity index (χ0n) is 9.91. The number of hydrogen-bond acceptors (Lipinski definition) is 2. The molecular weight excluding hydrogens is 186 g/mol. The fraction of sp³-hybridized carbons (Fsp3) is 1.00. The van der Waals surface area contributed by atoms with Crippen molar-refractivity contribution >= 4 is 0 Å². The molecule has 2 fully saturated rings.